The smallest absolute Gasteiger partial charge is 0.245 e. The number of fused-ring (bicyclic) bond motifs is 2. The zero-order valence-electron chi connectivity index (χ0n) is 57.5. The molecule has 4 amide bonds. The number of ether oxygens (including phenoxy) is 8. The Morgan fingerprint density at radius 1 is 0.567 bits per heavy atom. The van der Waals surface area contributed by atoms with E-state index in [0.29, 0.717) is 93.0 Å². The fourth-order valence-electron chi connectivity index (χ4n) is 10.6. The van der Waals surface area contributed by atoms with E-state index < -0.39 is 94.7 Å². The minimum absolute atomic E-state index is 0.00949. The summed E-state index contributed by atoms with van der Waals surface area (Å²) in [6.07, 6.45) is 3.84. The van der Waals surface area contributed by atoms with E-state index in [9.17, 15) is 43.4 Å². The van der Waals surface area contributed by atoms with E-state index in [1.165, 1.54) is 14.2 Å². The summed E-state index contributed by atoms with van der Waals surface area (Å²) >= 11 is 0. The highest BCUT2D eigenvalue weighted by Gasteiger charge is 2.57. The number of hydrogen-bond donors (Lipinski definition) is 6. The molecule has 22 nitrogen and oxygen atoms in total. The number of carbonyl (C=O) groups excluding carboxylic acids is 6. The number of epoxide rings is 2. The van der Waals surface area contributed by atoms with Crippen LogP contribution < -0.4 is 49.7 Å². The molecule has 90 heavy (non-hydrogen) atoms. The van der Waals surface area contributed by atoms with Crippen molar-refractivity contribution in [2.45, 2.75) is 192 Å². The number of benzene rings is 2. The number of Topliss-reactive ketones (excluding diaryl/α,β-unsaturated/α-hetero) is 2. The number of rotatable bonds is 30. The first-order valence-corrected chi connectivity index (χ1v) is 37.0. The number of ketones is 2. The van der Waals surface area contributed by atoms with Gasteiger partial charge in [-0.1, -0.05) is 69.2 Å². The Morgan fingerprint density at radius 3 is 1.27 bits per heavy atom. The van der Waals surface area contributed by atoms with Crippen LogP contribution in [-0.2, 0) is 72.8 Å². The van der Waals surface area contributed by atoms with Crippen molar-refractivity contribution in [1.82, 2.24) is 21.3 Å². The standard InChI is InChI=1S/C38H66N2O9Si2.C26H38N2O9.CH3F/c1-24(2)18-28(33(41)38(22-47-38)23-49-51(14,15)37(6,7)8)39-35(43)29(21-48-50(12,13)36(3,4)5)40-34(42)26-17-16-25-20-30(44-9)32(46-11)31(45-10)27(25)19-26;1-14(2)8-18(23(31)26(12-30)13-37-26)27-25(33)19(11-29)28-24(32)16-7-6-15-10-20(34-3)22(36-5)21(35-4)17(15)9-16;1-2/h20,24,26,28-29H,16-19,21-23H2,1-15H3,(H,39,43)(H,40,42);10,14,16,18-19,29-30H,6-9,11-13H2,1-5H3,(H,27,33)(H,28,32);1H3/t26?,28?,29-,38-;16?,18?,19-,26+;/m00./s1. The Hall–Kier alpha value is -5.42. The molecule has 6 rings (SSSR count). The molecule has 0 radical (unpaired) electrons. The van der Waals surface area contributed by atoms with E-state index in [1.54, 1.807) is 28.4 Å². The Balaban J connectivity index is 0.000000392. The van der Waals surface area contributed by atoms with Crippen LogP contribution in [0.15, 0.2) is 12.1 Å². The number of aliphatic hydroxyl groups is 2. The van der Waals surface area contributed by atoms with Crippen molar-refractivity contribution in [3.8, 4) is 34.5 Å². The summed E-state index contributed by atoms with van der Waals surface area (Å²) in [4.78, 5) is 81.4. The van der Waals surface area contributed by atoms with Gasteiger partial charge in [-0.25, -0.2) is 0 Å². The zero-order valence-corrected chi connectivity index (χ0v) is 59.5. The lowest BCUT2D eigenvalue weighted by Crippen LogP contribution is -2.58. The molecule has 8 atom stereocenters. The Bertz CT molecular complexity index is 2790. The maximum Gasteiger partial charge on any atom is 0.245 e. The van der Waals surface area contributed by atoms with Crippen LogP contribution in [0.2, 0.25) is 36.3 Å². The number of amides is 4. The number of alkyl halides is 1. The van der Waals surface area contributed by atoms with Gasteiger partial charge in [-0.2, -0.15) is 0 Å². The van der Waals surface area contributed by atoms with Gasteiger partial charge >= 0.3 is 0 Å². The van der Waals surface area contributed by atoms with E-state index in [0.717, 1.165) is 22.3 Å². The van der Waals surface area contributed by atoms with E-state index in [4.69, 9.17) is 46.7 Å². The summed E-state index contributed by atoms with van der Waals surface area (Å²) in [7, 11) is 5.33. The molecule has 2 fully saturated rings. The number of aryl methyl sites for hydroxylation is 2. The molecule has 2 aromatic carbocycles. The Labute approximate surface area is 535 Å². The fraction of sp³-hybridized carbons (Fsp3) is 0.723. The van der Waals surface area contributed by atoms with E-state index >= 15 is 0 Å². The SMILES string of the molecule is CF.COc1cc2c(c(OC)c1OC)CC(C(=O)N[C@@H](CO)C(=O)NC(CC(C)C)C(=O)[C@@]1(CO)CO1)CC2.COc1cc2c(c(OC)c1OC)CC(C(=O)N[C@@H](CO[Si](C)(C)C(C)(C)C)C(=O)NC(CC(C)C)C(=O)[C@@]1(CO[Si](C)(C)C(C)(C)C)CO1)CC2. The van der Waals surface area contributed by atoms with Crippen LogP contribution in [0.1, 0.15) is 117 Å². The van der Waals surface area contributed by atoms with Gasteiger partial charge in [0.25, 0.3) is 0 Å². The highest BCUT2D eigenvalue weighted by atomic mass is 28.4. The first-order chi connectivity index (χ1) is 42.1. The molecule has 0 saturated carbocycles. The van der Waals surface area contributed by atoms with Gasteiger partial charge in [0.15, 0.2) is 62.4 Å². The number of carbonyl (C=O) groups is 6. The van der Waals surface area contributed by atoms with Gasteiger partial charge in [0.2, 0.25) is 35.1 Å². The minimum atomic E-state index is -2.31. The number of halogens is 1. The molecular formula is C65H107FN4O18Si2. The van der Waals surface area contributed by atoms with Crippen molar-refractivity contribution in [2.24, 2.45) is 23.7 Å². The maximum atomic E-state index is 14.2. The quantitative estimate of drug-likeness (QED) is 0.0340. The van der Waals surface area contributed by atoms with E-state index in [-0.39, 0.29) is 65.9 Å². The van der Waals surface area contributed by atoms with Gasteiger partial charge in [0.05, 0.1) is 102 Å². The third-order valence-corrected chi connectivity index (χ3v) is 27.4. The topological polar surface area (TPSA) is 290 Å². The Kier molecular flexibility index (Phi) is 27.8. The molecule has 2 aliphatic heterocycles. The van der Waals surface area contributed by atoms with Crippen LogP contribution in [0.4, 0.5) is 4.39 Å². The van der Waals surface area contributed by atoms with Crippen molar-refractivity contribution >= 4 is 51.8 Å². The lowest BCUT2D eigenvalue weighted by molar-refractivity contribution is -0.135. The third-order valence-electron chi connectivity index (χ3n) is 18.4. The molecule has 6 N–H and O–H groups in total. The molecular weight excluding hydrogens is 1200 g/mol. The molecule has 0 spiro atoms. The highest BCUT2D eigenvalue weighted by molar-refractivity contribution is 6.74. The summed E-state index contributed by atoms with van der Waals surface area (Å²) in [5, 5.41) is 30.6. The minimum Gasteiger partial charge on any atom is -0.493 e. The first-order valence-electron chi connectivity index (χ1n) is 31.1. The van der Waals surface area contributed by atoms with Crippen molar-refractivity contribution in [2.75, 3.05) is 89.5 Å². The van der Waals surface area contributed by atoms with Crippen molar-refractivity contribution in [3.63, 3.8) is 0 Å². The van der Waals surface area contributed by atoms with E-state index in [2.05, 4.69) is 89.0 Å². The lowest BCUT2D eigenvalue weighted by Gasteiger charge is -2.38. The monoisotopic (exact) mass is 1310 g/mol. The first kappa shape index (κ1) is 77.0. The van der Waals surface area contributed by atoms with Crippen LogP contribution in [0.25, 0.3) is 0 Å². The van der Waals surface area contributed by atoms with Gasteiger partial charge in [-0.15, -0.1) is 0 Å². The van der Waals surface area contributed by atoms with Gasteiger partial charge in [0.1, 0.15) is 12.1 Å². The molecule has 2 aliphatic carbocycles. The average molecular weight is 1310 g/mol. The lowest BCUT2D eigenvalue weighted by atomic mass is 9.82. The number of hydrogen-bond acceptors (Lipinski definition) is 18. The second-order valence-corrected chi connectivity index (χ2v) is 37.3. The number of methoxy groups -OCH3 is 6. The van der Waals surface area contributed by atoms with Crippen LogP contribution in [-0.4, -0.2) is 187 Å². The van der Waals surface area contributed by atoms with Crippen molar-refractivity contribution in [1.29, 1.82) is 0 Å². The normalized spacial score (nSPS) is 20.7. The average Bonchev–Trinajstić information content (AvgIpc) is 1.61. The molecule has 25 heteroatoms. The highest BCUT2D eigenvalue weighted by Crippen LogP contribution is 2.47. The molecule has 510 valence electrons. The van der Waals surface area contributed by atoms with Gasteiger partial charge in [-0.05, 0) is 123 Å². The molecule has 2 heterocycles. The summed E-state index contributed by atoms with van der Waals surface area (Å²) in [5.41, 5.74) is 1.37. The summed E-state index contributed by atoms with van der Waals surface area (Å²) in [5.74, 6) is -0.00706. The van der Waals surface area contributed by atoms with Gasteiger partial charge in [0, 0.05) is 23.0 Å². The molecule has 0 bridgehead atoms. The predicted octanol–water partition coefficient (Wildman–Crippen LogP) is 6.96. The van der Waals surface area contributed by atoms with Crippen LogP contribution in [0.5, 0.6) is 34.5 Å². The van der Waals surface area contributed by atoms with E-state index in [1.807, 2.05) is 39.8 Å². The molecule has 0 aromatic heterocycles. The van der Waals surface area contributed by atoms with Crippen LogP contribution >= 0.6 is 0 Å². The zero-order chi connectivity index (χ0) is 68.1. The fourth-order valence-corrected chi connectivity index (χ4v) is 12.6. The molecule has 2 aromatic rings. The summed E-state index contributed by atoms with van der Waals surface area (Å²) < 4.78 is 66.8. The largest absolute Gasteiger partial charge is 0.493 e. The van der Waals surface area contributed by atoms with Crippen LogP contribution in [0, 0.1) is 23.7 Å². The van der Waals surface area contributed by atoms with Crippen molar-refractivity contribution < 1.29 is 90.1 Å². The van der Waals surface area contributed by atoms with Gasteiger partial charge in [-0.3, -0.25) is 33.2 Å². The molecule has 4 aliphatic rings. The summed E-state index contributed by atoms with van der Waals surface area (Å²) in [6, 6.07) is -0.169. The van der Waals surface area contributed by atoms with Crippen molar-refractivity contribution in [3.05, 3.63) is 34.4 Å². The number of aliphatic hydroxyl groups excluding tert-OH is 2. The van der Waals surface area contributed by atoms with Gasteiger partial charge < -0.3 is 78.2 Å². The predicted molar refractivity (Wildman–Crippen MR) is 345 cm³/mol. The molecule has 2 saturated heterocycles. The second-order valence-electron chi connectivity index (χ2n) is 27.7. The molecule has 4 unspecified atom stereocenters. The van der Waals surface area contributed by atoms with Crippen LogP contribution in [0.3, 0.4) is 0 Å². The number of nitrogens with one attached hydrogen (secondary N) is 4. The maximum absolute atomic E-state index is 14.2. The third kappa shape index (κ3) is 18.9. The summed E-state index contributed by atoms with van der Waals surface area (Å²) in [6.45, 7) is 28.5. The Morgan fingerprint density at radius 2 is 0.933 bits per heavy atom. The second kappa shape index (κ2) is 32.4.